The smallest absolute Gasteiger partial charge is 0.309 e. The molecule has 15 heavy (non-hydrogen) atoms. The van der Waals surface area contributed by atoms with Gasteiger partial charge in [0.2, 0.25) is 0 Å². The number of aryl methyl sites for hydroxylation is 1. The number of carbonyl (C=O) groups is 1. The van der Waals surface area contributed by atoms with Crippen molar-refractivity contribution in [1.29, 1.82) is 0 Å². The third-order valence-corrected chi connectivity index (χ3v) is 2.25. The highest BCUT2D eigenvalue weighted by atomic mass is 16.5. The van der Waals surface area contributed by atoms with Crippen molar-refractivity contribution in [3.63, 3.8) is 0 Å². The minimum atomic E-state index is -0.231. The van der Waals surface area contributed by atoms with Crippen LogP contribution < -0.4 is 4.74 Å². The van der Waals surface area contributed by atoms with Crippen LogP contribution in [0.5, 0.6) is 5.75 Å². The van der Waals surface area contributed by atoms with E-state index in [0.717, 1.165) is 23.3 Å². The predicted molar refractivity (Wildman–Crippen MR) is 58.1 cm³/mol. The van der Waals surface area contributed by atoms with Gasteiger partial charge in [-0.1, -0.05) is 13.0 Å². The van der Waals surface area contributed by atoms with Crippen LogP contribution >= 0.6 is 0 Å². The summed E-state index contributed by atoms with van der Waals surface area (Å²) in [6.45, 7) is 2.07. The summed E-state index contributed by atoms with van der Waals surface area (Å²) in [5.41, 5.74) is 2.09. The summed E-state index contributed by atoms with van der Waals surface area (Å²) in [5, 5.41) is 0. The van der Waals surface area contributed by atoms with E-state index >= 15 is 0 Å². The number of hydrogen-bond acceptors (Lipinski definition) is 3. The molecule has 82 valence electrons. The van der Waals surface area contributed by atoms with Crippen molar-refractivity contribution in [2.45, 2.75) is 19.8 Å². The lowest BCUT2D eigenvalue weighted by atomic mass is 10.1. The maximum Gasteiger partial charge on any atom is 0.309 e. The van der Waals surface area contributed by atoms with E-state index in [4.69, 9.17) is 4.74 Å². The van der Waals surface area contributed by atoms with Crippen LogP contribution in [0.25, 0.3) is 0 Å². The summed E-state index contributed by atoms with van der Waals surface area (Å²) in [7, 11) is 3.01. The number of ether oxygens (including phenoxy) is 2. The zero-order chi connectivity index (χ0) is 11.3. The van der Waals surface area contributed by atoms with Crippen molar-refractivity contribution in [2.75, 3.05) is 14.2 Å². The average Bonchev–Trinajstić information content (AvgIpc) is 2.28. The van der Waals surface area contributed by atoms with E-state index in [-0.39, 0.29) is 5.97 Å². The lowest BCUT2D eigenvalue weighted by molar-refractivity contribution is -0.139. The molecule has 0 radical (unpaired) electrons. The first kappa shape index (κ1) is 11.6. The summed E-state index contributed by atoms with van der Waals surface area (Å²) in [4.78, 5) is 11.1. The number of rotatable bonds is 4. The molecule has 0 saturated heterocycles. The fourth-order valence-corrected chi connectivity index (χ4v) is 1.39. The molecular weight excluding hydrogens is 192 g/mol. The molecule has 3 nitrogen and oxygen atoms in total. The molecule has 0 aliphatic carbocycles. The minimum Gasteiger partial charge on any atom is -0.497 e. The Balaban J connectivity index is 2.91. The van der Waals surface area contributed by atoms with Crippen LogP contribution in [0.3, 0.4) is 0 Å². The number of esters is 1. The average molecular weight is 208 g/mol. The lowest BCUT2D eigenvalue weighted by Crippen LogP contribution is -2.05. The molecule has 1 aromatic rings. The number of carbonyl (C=O) groups excluding carboxylic acids is 1. The van der Waals surface area contributed by atoms with Crippen molar-refractivity contribution >= 4 is 5.97 Å². The first-order valence-corrected chi connectivity index (χ1v) is 4.93. The van der Waals surface area contributed by atoms with Gasteiger partial charge in [-0.15, -0.1) is 0 Å². The first-order chi connectivity index (χ1) is 7.19. The Kier molecular flexibility index (Phi) is 4.16. The van der Waals surface area contributed by atoms with Gasteiger partial charge in [0.1, 0.15) is 5.75 Å². The van der Waals surface area contributed by atoms with Gasteiger partial charge in [-0.3, -0.25) is 4.79 Å². The van der Waals surface area contributed by atoms with E-state index in [1.807, 2.05) is 18.2 Å². The van der Waals surface area contributed by atoms with Crippen molar-refractivity contribution in [2.24, 2.45) is 0 Å². The Morgan fingerprint density at radius 1 is 1.20 bits per heavy atom. The zero-order valence-electron chi connectivity index (χ0n) is 9.37. The van der Waals surface area contributed by atoms with Gasteiger partial charge in [-0.25, -0.2) is 0 Å². The Bertz CT molecular complexity index is 322. The highest BCUT2D eigenvalue weighted by Crippen LogP contribution is 2.18. The summed E-state index contributed by atoms with van der Waals surface area (Å²) < 4.78 is 9.78. The second-order valence-corrected chi connectivity index (χ2v) is 3.30. The molecule has 0 spiro atoms. The van der Waals surface area contributed by atoms with Crippen LogP contribution in [-0.2, 0) is 22.4 Å². The molecule has 0 saturated carbocycles. The Hall–Kier alpha value is -1.51. The molecule has 0 aromatic heterocycles. The van der Waals surface area contributed by atoms with Crippen LogP contribution in [0.2, 0.25) is 0 Å². The molecule has 0 bridgehead atoms. The summed E-state index contributed by atoms with van der Waals surface area (Å²) >= 11 is 0. The lowest BCUT2D eigenvalue weighted by Gasteiger charge is -2.07. The fourth-order valence-electron chi connectivity index (χ4n) is 1.39. The molecule has 0 aliphatic rings. The Labute approximate surface area is 90.0 Å². The van der Waals surface area contributed by atoms with Gasteiger partial charge in [0, 0.05) is 0 Å². The van der Waals surface area contributed by atoms with Crippen LogP contribution in [0, 0.1) is 0 Å². The monoisotopic (exact) mass is 208 g/mol. The molecule has 3 heteroatoms. The first-order valence-electron chi connectivity index (χ1n) is 4.93. The maximum absolute atomic E-state index is 11.1. The van der Waals surface area contributed by atoms with E-state index in [2.05, 4.69) is 11.7 Å². The molecule has 1 rings (SSSR count). The van der Waals surface area contributed by atoms with Gasteiger partial charge in [-0.2, -0.15) is 0 Å². The third-order valence-electron chi connectivity index (χ3n) is 2.25. The fraction of sp³-hybridized carbons (Fsp3) is 0.417. The van der Waals surface area contributed by atoms with Gasteiger partial charge >= 0.3 is 5.97 Å². The quantitative estimate of drug-likeness (QED) is 0.710. The topological polar surface area (TPSA) is 35.5 Å². The summed E-state index contributed by atoms with van der Waals surface area (Å²) in [6.07, 6.45) is 1.21. The van der Waals surface area contributed by atoms with E-state index in [9.17, 15) is 4.79 Å². The molecule has 0 unspecified atom stereocenters. The van der Waals surface area contributed by atoms with Gasteiger partial charge in [0.05, 0.1) is 20.6 Å². The standard InChI is InChI=1S/C12H16O3/c1-4-9-5-10(8-12(13)15-3)7-11(6-9)14-2/h5-7H,4,8H2,1-3H3. The van der Waals surface area contributed by atoms with Crippen molar-refractivity contribution < 1.29 is 14.3 Å². The molecule has 0 atom stereocenters. The van der Waals surface area contributed by atoms with Crippen LogP contribution in [-0.4, -0.2) is 20.2 Å². The predicted octanol–water partition coefficient (Wildman–Crippen LogP) is 1.97. The van der Waals surface area contributed by atoms with E-state index in [0.29, 0.717) is 6.42 Å². The molecule has 1 aromatic carbocycles. The van der Waals surface area contributed by atoms with Crippen LogP contribution in [0.1, 0.15) is 18.1 Å². The van der Waals surface area contributed by atoms with Gasteiger partial charge < -0.3 is 9.47 Å². The molecular formula is C12H16O3. The normalized spacial score (nSPS) is 9.80. The van der Waals surface area contributed by atoms with E-state index in [1.54, 1.807) is 7.11 Å². The van der Waals surface area contributed by atoms with Gasteiger partial charge in [-0.05, 0) is 29.7 Å². The zero-order valence-corrected chi connectivity index (χ0v) is 9.37. The van der Waals surface area contributed by atoms with Crippen molar-refractivity contribution in [1.82, 2.24) is 0 Å². The highest BCUT2D eigenvalue weighted by molar-refractivity contribution is 5.72. The third kappa shape index (κ3) is 3.27. The largest absolute Gasteiger partial charge is 0.497 e. The molecule has 0 aliphatic heterocycles. The SMILES string of the molecule is CCc1cc(CC(=O)OC)cc(OC)c1. The molecule has 0 N–H and O–H groups in total. The number of benzene rings is 1. The number of hydrogen-bond donors (Lipinski definition) is 0. The van der Waals surface area contributed by atoms with E-state index < -0.39 is 0 Å². The van der Waals surface area contributed by atoms with Crippen molar-refractivity contribution in [3.05, 3.63) is 29.3 Å². The highest BCUT2D eigenvalue weighted by Gasteiger charge is 2.05. The van der Waals surface area contributed by atoms with Crippen LogP contribution in [0.15, 0.2) is 18.2 Å². The van der Waals surface area contributed by atoms with Gasteiger partial charge in [0.15, 0.2) is 0 Å². The maximum atomic E-state index is 11.1. The van der Waals surface area contributed by atoms with Crippen LogP contribution in [0.4, 0.5) is 0 Å². The van der Waals surface area contributed by atoms with Crippen molar-refractivity contribution in [3.8, 4) is 5.75 Å². The summed E-state index contributed by atoms with van der Waals surface area (Å²) in [6, 6.07) is 5.83. The Morgan fingerprint density at radius 3 is 2.40 bits per heavy atom. The second-order valence-electron chi connectivity index (χ2n) is 3.30. The van der Waals surface area contributed by atoms with Gasteiger partial charge in [0.25, 0.3) is 0 Å². The minimum absolute atomic E-state index is 0.231. The Morgan fingerprint density at radius 2 is 1.87 bits per heavy atom. The number of methoxy groups -OCH3 is 2. The second kappa shape index (κ2) is 5.39. The molecule has 0 fully saturated rings. The van der Waals surface area contributed by atoms with E-state index in [1.165, 1.54) is 7.11 Å². The molecule has 0 heterocycles. The summed E-state index contributed by atoms with van der Waals surface area (Å²) in [5.74, 6) is 0.554. The molecule has 0 amide bonds.